The van der Waals surface area contributed by atoms with Crippen LogP contribution in [0.4, 0.5) is 0 Å². The summed E-state index contributed by atoms with van der Waals surface area (Å²) in [5, 5.41) is 1.12. The maximum absolute atomic E-state index is 11.7. The van der Waals surface area contributed by atoms with Crippen LogP contribution in [-0.2, 0) is 11.3 Å². The molecule has 1 aromatic heterocycles. The van der Waals surface area contributed by atoms with Crippen LogP contribution in [0.5, 0.6) is 0 Å². The van der Waals surface area contributed by atoms with Crippen LogP contribution in [0.3, 0.4) is 0 Å². The number of rotatable bonds is 5. The number of esters is 1. The summed E-state index contributed by atoms with van der Waals surface area (Å²) in [4.78, 5) is 16.6. The Labute approximate surface area is 198 Å². The van der Waals surface area contributed by atoms with Gasteiger partial charge in [-0.05, 0) is 48.0 Å². The van der Waals surface area contributed by atoms with Crippen molar-refractivity contribution >= 4 is 45.1 Å². The normalized spacial score (nSPS) is 10.8. The molecule has 0 saturated carbocycles. The highest BCUT2D eigenvalue weighted by molar-refractivity contribution is 9.10. The smallest absolute Gasteiger partial charge is 0.337 e. The number of methoxy groups -OCH3 is 1. The second-order valence-corrected chi connectivity index (χ2v) is 8.66. The molecule has 0 bridgehead atoms. The highest BCUT2D eigenvalue weighted by atomic mass is 79.9. The average molecular weight is 516 g/mol. The monoisotopic (exact) mass is 514 g/mol. The molecule has 0 saturated heterocycles. The molecule has 7 heteroatoms. The predicted molar refractivity (Wildman–Crippen MR) is 128 cm³/mol. The van der Waals surface area contributed by atoms with Gasteiger partial charge < -0.3 is 9.30 Å². The first-order valence-corrected chi connectivity index (χ1v) is 11.0. The van der Waals surface area contributed by atoms with Gasteiger partial charge in [0.1, 0.15) is 5.82 Å². The van der Waals surface area contributed by atoms with Gasteiger partial charge in [0.05, 0.1) is 23.4 Å². The van der Waals surface area contributed by atoms with Crippen molar-refractivity contribution in [2.24, 2.45) is 0 Å². The van der Waals surface area contributed by atoms with Gasteiger partial charge in [-0.15, -0.1) is 0 Å². The van der Waals surface area contributed by atoms with Crippen LogP contribution in [0.15, 0.2) is 77.4 Å². The Morgan fingerprint density at radius 3 is 2.39 bits per heavy atom. The molecule has 0 atom stereocenters. The third-order valence-corrected chi connectivity index (χ3v) is 5.89. The number of carbonyl (C=O) groups excluding carboxylic acids is 1. The number of benzene rings is 3. The lowest BCUT2D eigenvalue weighted by molar-refractivity contribution is 0.0600. The number of hydrogen-bond donors (Lipinski definition) is 0. The Kier molecular flexibility index (Phi) is 6.46. The molecule has 0 aliphatic rings. The maximum Gasteiger partial charge on any atom is 0.337 e. The summed E-state index contributed by atoms with van der Waals surface area (Å²) in [7, 11) is 1.37. The van der Waals surface area contributed by atoms with E-state index in [0.717, 1.165) is 32.7 Å². The topological polar surface area (TPSA) is 44.1 Å². The van der Waals surface area contributed by atoms with Crippen LogP contribution in [-0.4, -0.2) is 22.6 Å². The number of nitrogens with zero attached hydrogens (tertiary/aromatic N) is 2. The molecule has 0 fully saturated rings. The summed E-state index contributed by atoms with van der Waals surface area (Å²) in [6.07, 6.45) is 1.97. The number of imidazole rings is 1. The Hall–Kier alpha value is -2.60. The van der Waals surface area contributed by atoms with Gasteiger partial charge in [0.25, 0.3) is 0 Å². The molecule has 156 valence electrons. The highest BCUT2D eigenvalue weighted by Gasteiger charge is 2.15. The fourth-order valence-corrected chi connectivity index (χ4v) is 4.02. The molecule has 4 rings (SSSR count). The maximum atomic E-state index is 11.7. The molecule has 0 aliphatic carbocycles. The van der Waals surface area contributed by atoms with E-state index in [1.807, 2.05) is 48.7 Å². The lowest BCUT2D eigenvalue weighted by Crippen LogP contribution is -2.03. The summed E-state index contributed by atoms with van der Waals surface area (Å²) < 4.78 is 7.83. The highest BCUT2D eigenvalue weighted by Crippen LogP contribution is 2.32. The largest absolute Gasteiger partial charge is 0.465 e. The van der Waals surface area contributed by atoms with E-state index in [2.05, 4.69) is 20.5 Å². The van der Waals surface area contributed by atoms with Gasteiger partial charge in [0.15, 0.2) is 0 Å². The zero-order valence-corrected chi connectivity index (χ0v) is 19.6. The van der Waals surface area contributed by atoms with Gasteiger partial charge in [0, 0.05) is 33.4 Å². The Morgan fingerprint density at radius 2 is 1.74 bits per heavy atom. The van der Waals surface area contributed by atoms with Crippen molar-refractivity contribution in [2.75, 3.05) is 7.11 Å². The summed E-state index contributed by atoms with van der Waals surface area (Å²) in [6.45, 7) is 0.574. The number of hydrogen-bond acceptors (Lipinski definition) is 3. The quantitative estimate of drug-likeness (QED) is 0.266. The predicted octanol–water partition coefficient (Wildman–Crippen LogP) is 7.12. The first-order valence-electron chi connectivity index (χ1n) is 9.40. The minimum absolute atomic E-state index is 0.357. The molecule has 0 aliphatic heterocycles. The van der Waals surface area contributed by atoms with Gasteiger partial charge in [-0.3, -0.25) is 0 Å². The van der Waals surface area contributed by atoms with Gasteiger partial charge in [0.2, 0.25) is 0 Å². The second-order valence-electron chi connectivity index (χ2n) is 6.90. The van der Waals surface area contributed by atoms with E-state index in [0.29, 0.717) is 22.2 Å². The first-order chi connectivity index (χ1) is 14.9. The van der Waals surface area contributed by atoms with Crippen molar-refractivity contribution in [1.29, 1.82) is 0 Å². The average Bonchev–Trinajstić information content (AvgIpc) is 3.17. The molecule has 0 unspecified atom stereocenters. The molecule has 0 amide bonds. The zero-order valence-electron chi connectivity index (χ0n) is 16.5. The molecule has 4 nitrogen and oxygen atoms in total. The number of halogens is 3. The fourth-order valence-electron chi connectivity index (χ4n) is 3.25. The standard InChI is InChI=1S/C24H17BrCl2N2O2/c1-31-24(30)17-4-2-15(3-5-17)13-29-14-22(20-11-10-19(26)12-21(20)27)28-23(29)16-6-8-18(25)9-7-16/h2-12,14H,13H2,1H3. The summed E-state index contributed by atoms with van der Waals surface area (Å²) >= 11 is 16.0. The van der Waals surface area contributed by atoms with Crippen molar-refractivity contribution < 1.29 is 9.53 Å². The van der Waals surface area contributed by atoms with Crippen LogP contribution in [0.2, 0.25) is 10.0 Å². The van der Waals surface area contributed by atoms with Gasteiger partial charge in [-0.2, -0.15) is 0 Å². The molecular weight excluding hydrogens is 499 g/mol. The van der Waals surface area contributed by atoms with E-state index in [1.54, 1.807) is 24.3 Å². The van der Waals surface area contributed by atoms with E-state index in [4.69, 9.17) is 32.9 Å². The third kappa shape index (κ3) is 4.85. The van der Waals surface area contributed by atoms with Crippen LogP contribution in [0.1, 0.15) is 15.9 Å². The number of aromatic nitrogens is 2. The lowest BCUT2D eigenvalue weighted by atomic mass is 10.1. The van der Waals surface area contributed by atoms with E-state index in [9.17, 15) is 4.79 Å². The van der Waals surface area contributed by atoms with Gasteiger partial charge in [-0.1, -0.05) is 63.4 Å². The van der Waals surface area contributed by atoms with Crippen molar-refractivity contribution in [2.45, 2.75) is 6.54 Å². The Balaban J connectivity index is 1.75. The van der Waals surface area contributed by atoms with Crippen LogP contribution < -0.4 is 0 Å². The van der Waals surface area contributed by atoms with Crippen molar-refractivity contribution in [3.63, 3.8) is 0 Å². The van der Waals surface area contributed by atoms with Crippen LogP contribution in [0.25, 0.3) is 22.6 Å². The molecule has 31 heavy (non-hydrogen) atoms. The van der Waals surface area contributed by atoms with E-state index < -0.39 is 0 Å². The third-order valence-electron chi connectivity index (χ3n) is 4.81. The fraction of sp³-hybridized carbons (Fsp3) is 0.0833. The number of ether oxygens (including phenoxy) is 1. The molecular formula is C24H17BrCl2N2O2. The van der Waals surface area contributed by atoms with E-state index in [-0.39, 0.29) is 5.97 Å². The molecule has 0 radical (unpaired) electrons. The zero-order chi connectivity index (χ0) is 22.0. The summed E-state index contributed by atoms with van der Waals surface area (Å²) in [5.74, 6) is 0.454. The Bertz CT molecular complexity index is 1240. The Morgan fingerprint density at radius 1 is 1.03 bits per heavy atom. The minimum Gasteiger partial charge on any atom is -0.465 e. The molecule has 0 N–H and O–H groups in total. The SMILES string of the molecule is COC(=O)c1ccc(Cn2cc(-c3ccc(Cl)cc3Cl)nc2-c2ccc(Br)cc2)cc1. The van der Waals surface area contributed by atoms with Gasteiger partial charge >= 0.3 is 5.97 Å². The van der Waals surface area contributed by atoms with Crippen LogP contribution in [0, 0.1) is 0 Å². The van der Waals surface area contributed by atoms with Crippen molar-refractivity contribution in [3.05, 3.63) is 98.6 Å². The van der Waals surface area contributed by atoms with E-state index in [1.165, 1.54) is 7.11 Å². The second kappa shape index (κ2) is 9.27. The van der Waals surface area contributed by atoms with Crippen LogP contribution >= 0.6 is 39.1 Å². The first kappa shape index (κ1) is 21.6. The molecule has 0 spiro atoms. The van der Waals surface area contributed by atoms with E-state index >= 15 is 0 Å². The van der Waals surface area contributed by atoms with Crippen molar-refractivity contribution in [3.8, 4) is 22.6 Å². The van der Waals surface area contributed by atoms with Gasteiger partial charge in [-0.25, -0.2) is 9.78 Å². The molecule has 3 aromatic carbocycles. The summed E-state index contributed by atoms with van der Waals surface area (Å²) in [6, 6.07) is 20.7. The van der Waals surface area contributed by atoms with Crippen molar-refractivity contribution in [1.82, 2.24) is 9.55 Å². The molecule has 4 aromatic rings. The molecule has 1 heterocycles. The minimum atomic E-state index is -0.357. The summed E-state index contributed by atoms with van der Waals surface area (Å²) in [5.41, 5.74) is 4.08. The lowest BCUT2D eigenvalue weighted by Gasteiger charge is -2.09. The number of carbonyl (C=O) groups is 1.